The second-order valence-corrected chi connectivity index (χ2v) is 7.92. The first-order valence-corrected chi connectivity index (χ1v) is 10.7. The summed E-state index contributed by atoms with van der Waals surface area (Å²) in [5.41, 5.74) is 0. The molecule has 6 heteroatoms. The van der Waals surface area contributed by atoms with Gasteiger partial charge in [0.1, 0.15) is 0 Å². The molecule has 2 N–H and O–H groups in total. The molecule has 0 saturated carbocycles. The quantitative estimate of drug-likeness (QED) is 0.564. The van der Waals surface area contributed by atoms with Crippen LogP contribution in [-0.4, -0.2) is 48.0 Å². The fraction of sp³-hybridized carbons (Fsp3) is 0.875. The Kier molecular flexibility index (Phi) is 9.90. The molecule has 0 fully saturated rings. The highest BCUT2D eigenvalue weighted by atomic mass is 32.2. The first-order valence-electron chi connectivity index (χ1n) is 8.77. The zero-order chi connectivity index (χ0) is 15.3. The van der Waals surface area contributed by atoms with E-state index in [4.69, 9.17) is 0 Å². The van der Waals surface area contributed by atoms with Crippen LogP contribution >= 0.6 is 23.5 Å². The molecule has 0 radical (unpaired) electrons. The molecule has 22 heavy (non-hydrogen) atoms. The summed E-state index contributed by atoms with van der Waals surface area (Å²) in [5.74, 6) is 2.45. The van der Waals surface area contributed by atoms with E-state index in [9.17, 15) is 0 Å². The number of unbranched alkanes of at least 4 members (excludes halogenated alkanes) is 7. The van der Waals surface area contributed by atoms with E-state index in [0.717, 1.165) is 36.5 Å². The maximum atomic E-state index is 4.40. The number of thioether (sulfide) groups is 2. The van der Waals surface area contributed by atoms with Crippen molar-refractivity contribution in [2.75, 3.05) is 37.7 Å². The van der Waals surface area contributed by atoms with Gasteiger partial charge in [-0.1, -0.05) is 62.0 Å². The Morgan fingerprint density at radius 3 is 1.41 bits per heavy atom. The molecular formula is C16H30N4S2. The maximum Gasteiger partial charge on any atom is 0.156 e. The molecular weight excluding hydrogens is 312 g/mol. The third kappa shape index (κ3) is 8.32. The Bertz CT molecular complexity index is 324. The van der Waals surface area contributed by atoms with Gasteiger partial charge in [0.15, 0.2) is 10.3 Å². The van der Waals surface area contributed by atoms with E-state index < -0.39 is 0 Å². The van der Waals surface area contributed by atoms with Crippen molar-refractivity contribution >= 4 is 33.9 Å². The maximum absolute atomic E-state index is 4.40. The van der Waals surface area contributed by atoms with Gasteiger partial charge in [0.05, 0.1) is 13.1 Å². The predicted molar refractivity (Wildman–Crippen MR) is 102 cm³/mol. The average Bonchev–Trinajstić information content (AvgIpc) is 3.21. The minimum atomic E-state index is 0.964. The van der Waals surface area contributed by atoms with E-state index in [1.165, 1.54) is 62.9 Å². The minimum Gasteiger partial charge on any atom is -0.363 e. The molecule has 0 aromatic carbocycles. The molecule has 0 aromatic heterocycles. The number of hydrogen-bond acceptors (Lipinski definition) is 6. The van der Waals surface area contributed by atoms with Crippen molar-refractivity contribution < 1.29 is 0 Å². The van der Waals surface area contributed by atoms with Crippen LogP contribution in [0.2, 0.25) is 0 Å². The fourth-order valence-electron chi connectivity index (χ4n) is 2.55. The summed E-state index contributed by atoms with van der Waals surface area (Å²) in [6.45, 7) is 3.99. The lowest BCUT2D eigenvalue weighted by Gasteiger charge is -2.04. The van der Waals surface area contributed by atoms with E-state index in [1.807, 2.05) is 23.5 Å². The van der Waals surface area contributed by atoms with Gasteiger partial charge in [-0.25, -0.2) is 0 Å². The summed E-state index contributed by atoms with van der Waals surface area (Å²) in [4.78, 5) is 8.80. The molecule has 0 amide bonds. The Hall–Kier alpha value is -0.360. The van der Waals surface area contributed by atoms with E-state index in [2.05, 4.69) is 20.6 Å². The molecule has 0 aliphatic carbocycles. The Morgan fingerprint density at radius 1 is 0.636 bits per heavy atom. The zero-order valence-corrected chi connectivity index (χ0v) is 15.2. The molecule has 0 aromatic rings. The van der Waals surface area contributed by atoms with E-state index in [0.29, 0.717) is 0 Å². The van der Waals surface area contributed by atoms with E-state index in [-0.39, 0.29) is 0 Å². The van der Waals surface area contributed by atoms with Gasteiger partial charge in [0, 0.05) is 24.6 Å². The SMILES string of the molecule is C(CCCCCSC1=NCCN1)CCCCSC1=NCCN1. The molecule has 2 rings (SSSR count). The first kappa shape index (κ1) is 18.0. The second kappa shape index (κ2) is 12.1. The van der Waals surface area contributed by atoms with Crippen LogP contribution in [0.3, 0.4) is 0 Å². The molecule has 0 spiro atoms. The topological polar surface area (TPSA) is 48.8 Å². The molecule has 2 aliphatic rings. The van der Waals surface area contributed by atoms with Gasteiger partial charge in [0.25, 0.3) is 0 Å². The number of nitrogens with zero attached hydrogens (tertiary/aromatic N) is 2. The monoisotopic (exact) mass is 342 g/mol. The highest BCUT2D eigenvalue weighted by Gasteiger charge is 2.05. The normalized spacial score (nSPS) is 17.1. The van der Waals surface area contributed by atoms with Gasteiger partial charge < -0.3 is 10.6 Å². The smallest absolute Gasteiger partial charge is 0.156 e. The number of aliphatic imine (C=N–C) groups is 2. The average molecular weight is 343 g/mol. The van der Waals surface area contributed by atoms with Gasteiger partial charge in [-0.2, -0.15) is 0 Å². The Balaban J connectivity index is 1.26. The lowest BCUT2D eigenvalue weighted by Crippen LogP contribution is -2.15. The molecule has 0 bridgehead atoms. The summed E-state index contributed by atoms with van der Waals surface area (Å²) in [7, 11) is 0. The molecule has 0 atom stereocenters. The lowest BCUT2D eigenvalue weighted by atomic mass is 10.1. The van der Waals surface area contributed by atoms with Crippen molar-refractivity contribution in [3.05, 3.63) is 0 Å². The first-order chi connectivity index (χ1) is 10.9. The van der Waals surface area contributed by atoms with Crippen LogP contribution in [0.4, 0.5) is 0 Å². The highest BCUT2D eigenvalue weighted by molar-refractivity contribution is 8.14. The fourth-order valence-corrected chi connectivity index (χ4v) is 4.41. The van der Waals surface area contributed by atoms with Crippen LogP contribution < -0.4 is 10.6 Å². The third-order valence-corrected chi connectivity index (χ3v) is 5.88. The van der Waals surface area contributed by atoms with Crippen molar-refractivity contribution in [1.82, 2.24) is 10.6 Å². The lowest BCUT2D eigenvalue weighted by molar-refractivity contribution is 0.588. The van der Waals surface area contributed by atoms with Crippen LogP contribution in [0.1, 0.15) is 51.4 Å². The molecule has 0 saturated heterocycles. The summed E-state index contributed by atoms with van der Waals surface area (Å²) in [6.07, 6.45) is 11.0. The highest BCUT2D eigenvalue weighted by Crippen LogP contribution is 2.14. The van der Waals surface area contributed by atoms with Crippen LogP contribution in [0, 0.1) is 0 Å². The standard InChI is InChI=1S/C16H30N4S2/c1(3-5-7-13-21-15-17-9-10-18-15)2-4-6-8-14-22-16-19-11-12-20-16/h1-14H2,(H,17,18)(H,19,20). The van der Waals surface area contributed by atoms with E-state index in [1.54, 1.807) is 0 Å². The molecule has 0 unspecified atom stereocenters. The summed E-state index contributed by atoms with van der Waals surface area (Å²) in [6, 6.07) is 0. The van der Waals surface area contributed by atoms with Gasteiger partial charge >= 0.3 is 0 Å². The van der Waals surface area contributed by atoms with Crippen molar-refractivity contribution in [1.29, 1.82) is 0 Å². The van der Waals surface area contributed by atoms with Crippen molar-refractivity contribution in [3.8, 4) is 0 Å². The minimum absolute atomic E-state index is 0.964. The predicted octanol–water partition coefficient (Wildman–Crippen LogP) is 3.49. The number of amidine groups is 2. The Labute approximate surface area is 143 Å². The van der Waals surface area contributed by atoms with Gasteiger partial charge in [0.2, 0.25) is 0 Å². The summed E-state index contributed by atoms with van der Waals surface area (Å²) in [5, 5.41) is 8.95. The van der Waals surface area contributed by atoms with Gasteiger partial charge in [-0.15, -0.1) is 0 Å². The number of hydrogen-bond donors (Lipinski definition) is 2. The van der Waals surface area contributed by atoms with Gasteiger partial charge in [-0.05, 0) is 12.8 Å². The van der Waals surface area contributed by atoms with Crippen molar-refractivity contribution in [2.24, 2.45) is 9.98 Å². The molecule has 2 aliphatic heterocycles. The van der Waals surface area contributed by atoms with E-state index >= 15 is 0 Å². The third-order valence-electron chi connectivity index (χ3n) is 3.80. The van der Waals surface area contributed by atoms with Crippen LogP contribution in [0.25, 0.3) is 0 Å². The van der Waals surface area contributed by atoms with Crippen LogP contribution in [-0.2, 0) is 0 Å². The number of rotatable bonds is 11. The summed E-state index contributed by atoms with van der Waals surface area (Å²) >= 11 is 3.79. The molecule has 126 valence electrons. The summed E-state index contributed by atoms with van der Waals surface area (Å²) < 4.78 is 0. The van der Waals surface area contributed by atoms with Crippen molar-refractivity contribution in [3.63, 3.8) is 0 Å². The van der Waals surface area contributed by atoms with Crippen LogP contribution in [0.15, 0.2) is 9.98 Å². The van der Waals surface area contributed by atoms with Gasteiger partial charge in [-0.3, -0.25) is 9.98 Å². The van der Waals surface area contributed by atoms with Crippen LogP contribution in [0.5, 0.6) is 0 Å². The zero-order valence-electron chi connectivity index (χ0n) is 13.6. The second-order valence-electron chi connectivity index (χ2n) is 5.75. The van der Waals surface area contributed by atoms with Crippen molar-refractivity contribution in [2.45, 2.75) is 51.4 Å². The Morgan fingerprint density at radius 2 is 1.05 bits per heavy atom. The largest absolute Gasteiger partial charge is 0.363 e. The molecule has 2 heterocycles. The molecule has 4 nitrogen and oxygen atoms in total. The number of nitrogens with one attached hydrogen (secondary N) is 2.